The number of nitrogens with two attached hydrogens (primary N) is 3. The lowest BCUT2D eigenvalue weighted by molar-refractivity contribution is -0.144. The fourth-order valence-corrected chi connectivity index (χ4v) is 2.58. The summed E-state index contributed by atoms with van der Waals surface area (Å²) in [6, 6.07) is -5.51. The first-order chi connectivity index (χ1) is 14.9. The van der Waals surface area contributed by atoms with E-state index in [0.717, 1.165) is 0 Å². The second-order valence-electron chi connectivity index (χ2n) is 7.27. The summed E-state index contributed by atoms with van der Waals surface area (Å²) in [7, 11) is 0. The Morgan fingerprint density at radius 3 is 1.97 bits per heavy atom. The van der Waals surface area contributed by atoms with Crippen LogP contribution in [0.1, 0.15) is 39.0 Å². The SMILES string of the molecule is CC(O)C(NC(=O)C(CCC(N)=O)NC(=O)C(N)CCCCN)C(=O)NC(CO)C(=O)O. The number of aliphatic hydroxyl groups excluding tert-OH is 2. The number of hydrogen-bond donors (Lipinski definition) is 9. The molecule has 0 radical (unpaired) electrons. The molecule has 4 amide bonds. The third kappa shape index (κ3) is 11.0. The topological polar surface area (TPSA) is 260 Å². The highest BCUT2D eigenvalue weighted by atomic mass is 16.4. The zero-order valence-electron chi connectivity index (χ0n) is 18.0. The number of nitrogens with one attached hydrogen (secondary N) is 3. The first-order valence-corrected chi connectivity index (χ1v) is 10.1. The Bertz CT molecular complexity index is 659. The van der Waals surface area contributed by atoms with E-state index in [9.17, 15) is 29.1 Å². The molecule has 0 aromatic rings. The first-order valence-electron chi connectivity index (χ1n) is 10.1. The van der Waals surface area contributed by atoms with Crippen LogP contribution in [0.25, 0.3) is 0 Å². The summed E-state index contributed by atoms with van der Waals surface area (Å²) in [6.45, 7) is 0.685. The van der Waals surface area contributed by atoms with Crippen LogP contribution in [0.2, 0.25) is 0 Å². The number of aliphatic carboxylic acids is 1. The quantitative estimate of drug-likeness (QED) is 0.0994. The van der Waals surface area contributed by atoms with E-state index in [1.54, 1.807) is 0 Å². The zero-order chi connectivity index (χ0) is 24.8. The Balaban J connectivity index is 5.32. The fourth-order valence-electron chi connectivity index (χ4n) is 2.58. The van der Waals surface area contributed by atoms with Gasteiger partial charge in [0.25, 0.3) is 0 Å². The van der Waals surface area contributed by atoms with Crippen molar-refractivity contribution >= 4 is 29.6 Å². The Kier molecular flexibility index (Phi) is 13.7. The molecular weight excluding hydrogens is 428 g/mol. The summed E-state index contributed by atoms with van der Waals surface area (Å²) in [5.74, 6) is -4.93. The summed E-state index contributed by atoms with van der Waals surface area (Å²) in [5, 5.41) is 34.4. The predicted molar refractivity (Wildman–Crippen MR) is 112 cm³/mol. The summed E-state index contributed by atoms with van der Waals surface area (Å²) in [4.78, 5) is 59.4. The van der Waals surface area contributed by atoms with Crippen molar-refractivity contribution in [1.29, 1.82) is 0 Å². The van der Waals surface area contributed by atoms with Gasteiger partial charge in [0.1, 0.15) is 18.1 Å². The first kappa shape index (κ1) is 29.2. The van der Waals surface area contributed by atoms with Crippen molar-refractivity contribution in [3.63, 3.8) is 0 Å². The molecule has 0 aliphatic carbocycles. The molecule has 12 N–H and O–H groups in total. The number of primary amides is 1. The highest BCUT2D eigenvalue weighted by Gasteiger charge is 2.32. The minimum absolute atomic E-state index is 0.203. The molecule has 32 heavy (non-hydrogen) atoms. The minimum atomic E-state index is -1.66. The molecule has 14 heteroatoms. The smallest absolute Gasteiger partial charge is 0.328 e. The number of carboxylic acids is 1. The van der Waals surface area contributed by atoms with Crippen molar-refractivity contribution in [3.8, 4) is 0 Å². The van der Waals surface area contributed by atoms with Crippen LogP contribution < -0.4 is 33.2 Å². The number of carbonyl (C=O) groups is 5. The second-order valence-corrected chi connectivity index (χ2v) is 7.27. The van der Waals surface area contributed by atoms with Gasteiger partial charge in [0.15, 0.2) is 0 Å². The van der Waals surface area contributed by atoms with E-state index in [1.807, 2.05) is 5.32 Å². The molecule has 0 heterocycles. The Morgan fingerprint density at radius 2 is 1.50 bits per heavy atom. The van der Waals surface area contributed by atoms with Gasteiger partial charge < -0.3 is 48.5 Å². The average molecular weight is 463 g/mol. The molecule has 0 spiro atoms. The minimum Gasteiger partial charge on any atom is -0.480 e. The van der Waals surface area contributed by atoms with E-state index in [4.69, 9.17) is 27.4 Å². The third-order valence-corrected chi connectivity index (χ3v) is 4.48. The van der Waals surface area contributed by atoms with Crippen LogP contribution in [0.5, 0.6) is 0 Å². The number of aliphatic hydroxyl groups is 2. The van der Waals surface area contributed by atoms with Crippen LogP contribution in [0.15, 0.2) is 0 Å². The van der Waals surface area contributed by atoms with Crippen molar-refractivity contribution in [3.05, 3.63) is 0 Å². The van der Waals surface area contributed by atoms with Gasteiger partial charge in [-0.15, -0.1) is 0 Å². The van der Waals surface area contributed by atoms with Gasteiger partial charge in [0.05, 0.1) is 18.8 Å². The molecule has 0 aromatic heterocycles. The number of rotatable bonds is 16. The van der Waals surface area contributed by atoms with Crippen molar-refractivity contribution in [2.45, 2.75) is 69.3 Å². The molecular formula is C18H34N6O8. The van der Waals surface area contributed by atoms with Gasteiger partial charge in [-0.1, -0.05) is 6.42 Å². The van der Waals surface area contributed by atoms with E-state index < -0.39 is 66.5 Å². The van der Waals surface area contributed by atoms with Crippen LogP contribution in [0, 0.1) is 0 Å². The maximum atomic E-state index is 12.7. The molecule has 0 rings (SSSR count). The van der Waals surface area contributed by atoms with Gasteiger partial charge in [-0.2, -0.15) is 0 Å². The Labute approximate surface area is 185 Å². The van der Waals surface area contributed by atoms with Crippen molar-refractivity contribution in [2.24, 2.45) is 17.2 Å². The Morgan fingerprint density at radius 1 is 0.906 bits per heavy atom. The number of amides is 4. The summed E-state index contributed by atoms with van der Waals surface area (Å²) < 4.78 is 0. The average Bonchev–Trinajstić information content (AvgIpc) is 2.71. The van der Waals surface area contributed by atoms with Crippen LogP contribution in [0.3, 0.4) is 0 Å². The number of carboxylic acid groups (broad SMARTS) is 1. The van der Waals surface area contributed by atoms with Gasteiger partial charge in [-0.3, -0.25) is 19.2 Å². The van der Waals surface area contributed by atoms with Crippen molar-refractivity contribution in [2.75, 3.05) is 13.2 Å². The predicted octanol–water partition coefficient (Wildman–Crippen LogP) is -4.38. The fraction of sp³-hybridized carbons (Fsp3) is 0.722. The monoisotopic (exact) mass is 462 g/mol. The van der Waals surface area contributed by atoms with E-state index >= 15 is 0 Å². The Hall–Kier alpha value is -2.81. The summed E-state index contributed by atoms with van der Waals surface area (Å²) in [6.07, 6.45) is -0.378. The largest absolute Gasteiger partial charge is 0.480 e. The summed E-state index contributed by atoms with van der Waals surface area (Å²) >= 11 is 0. The van der Waals surface area contributed by atoms with E-state index in [0.29, 0.717) is 25.8 Å². The summed E-state index contributed by atoms with van der Waals surface area (Å²) in [5.41, 5.74) is 16.3. The molecule has 0 aromatic carbocycles. The molecule has 0 aliphatic rings. The molecule has 0 fully saturated rings. The van der Waals surface area contributed by atoms with E-state index in [2.05, 4.69) is 10.6 Å². The molecule has 0 aliphatic heterocycles. The number of unbranched alkanes of at least 4 members (excludes halogenated alkanes) is 1. The number of carbonyl (C=O) groups excluding carboxylic acids is 4. The zero-order valence-corrected chi connectivity index (χ0v) is 18.0. The third-order valence-electron chi connectivity index (χ3n) is 4.48. The van der Waals surface area contributed by atoms with E-state index in [-0.39, 0.29) is 12.8 Å². The van der Waals surface area contributed by atoms with Crippen LogP contribution in [-0.4, -0.2) is 88.3 Å². The van der Waals surface area contributed by atoms with E-state index in [1.165, 1.54) is 6.92 Å². The second kappa shape index (κ2) is 15.1. The van der Waals surface area contributed by atoms with Crippen molar-refractivity contribution < 1.29 is 39.3 Å². The lowest BCUT2D eigenvalue weighted by Crippen LogP contribution is -2.60. The maximum absolute atomic E-state index is 12.7. The highest BCUT2D eigenvalue weighted by Crippen LogP contribution is 2.04. The highest BCUT2D eigenvalue weighted by molar-refractivity contribution is 5.94. The lowest BCUT2D eigenvalue weighted by Gasteiger charge is -2.26. The van der Waals surface area contributed by atoms with Crippen molar-refractivity contribution in [1.82, 2.24) is 16.0 Å². The van der Waals surface area contributed by atoms with Crippen LogP contribution in [-0.2, 0) is 24.0 Å². The van der Waals surface area contributed by atoms with Gasteiger partial charge in [-0.25, -0.2) is 4.79 Å². The molecule has 14 nitrogen and oxygen atoms in total. The molecule has 0 saturated heterocycles. The number of hydrogen-bond acceptors (Lipinski definition) is 9. The van der Waals surface area contributed by atoms with Gasteiger partial charge in [0, 0.05) is 6.42 Å². The molecule has 0 saturated carbocycles. The maximum Gasteiger partial charge on any atom is 0.328 e. The molecule has 5 unspecified atom stereocenters. The standard InChI is InChI=1S/C18H34N6O8/c1-9(26)14(17(30)23-12(8-25)18(31)32)24-16(29)11(5-6-13(21)27)22-15(28)10(20)4-2-3-7-19/h9-12,14,25-26H,2-8,19-20H2,1H3,(H2,21,27)(H,22,28)(H,23,30)(H,24,29)(H,31,32). The normalized spacial score (nSPS) is 15.5. The van der Waals surface area contributed by atoms with Crippen LogP contribution >= 0.6 is 0 Å². The van der Waals surface area contributed by atoms with Gasteiger partial charge in [-0.05, 0) is 32.7 Å². The van der Waals surface area contributed by atoms with Gasteiger partial charge in [0.2, 0.25) is 23.6 Å². The lowest BCUT2D eigenvalue weighted by atomic mass is 10.1. The molecule has 184 valence electrons. The van der Waals surface area contributed by atoms with Gasteiger partial charge >= 0.3 is 5.97 Å². The molecule has 5 atom stereocenters. The molecule has 0 bridgehead atoms. The van der Waals surface area contributed by atoms with Crippen LogP contribution in [0.4, 0.5) is 0 Å².